The van der Waals surface area contributed by atoms with Gasteiger partial charge in [-0.05, 0) is 6.07 Å². The molecule has 0 fully saturated rings. The van der Waals surface area contributed by atoms with Crippen molar-refractivity contribution >= 4 is 17.2 Å². The summed E-state index contributed by atoms with van der Waals surface area (Å²) in [5, 5.41) is 1.96. The number of carbonyl (C=O) groups excluding carboxylic acids is 1. The van der Waals surface area contributed by atoms with Crippen molar-refractivity contribution in [3.63, 3.8) is 0 Å². The van der Waals surface area contributed by atoms with Crippen molar-refractivity contribution in [2.75, 3.05) is 0 Å². The molecule has 3 nitrogen and oxygen atoms in total. The van der Waals surface area contributed by atoms with Crippen LogP contribution in [0, 0.1) is 0 Å². The zero-order valence-corrected chi connectivity index (χ0v) is 6.28. The fraction of sp³-hybridized carbons (Fsp3) is 0. The van der Waals surface area contributed by atoms with Gasteiger partial charge in [0.15, 0.2) is 0 Å². The molecule has 1 aromatic carbocycles. The first-order chi connectivity index (χ1) is 5.92. The van der Waals surface area contributed by atoms with Crippen LogP contribution in [0.25, 0.3) is 10.8 Å². The van der Waals surface area contributed by atoms with Gasteiger partial charge in [-0.1, -0.05) is 18.2 Å². The van der Waals surface area contributed by atoms with Crippen LogP contribution in [0.3, 0.4) is 0 Å². The Morgan fingerprint density at radius 1 is 1.33 bits per heavy atom. The minimum absolute atomic E-state index is 0.415. The fourth-order valence-electron chi connectivity index (χ4n) is 1.20. The third-order valence-electron chi connectivity index (χ3n) is 1.73. The van der Waals surface area contributed by atoms with Crippen molar-refractivity contribution in [2.24, 2.45) is 0 Å². The topological polar surface area (TPSA) is 42.1 Å². The molecule has 0 aliphatic heterocycles. The molecule has 0 unspecified atom stereocenters. The standard InChI is InChI=1S/C9H7NO2/c11-6-12-9-8-4-2-1-3-7(8)5-10-9/h1-6,10H. The Morgan fingerprint density at radius 2 is 2.17 bits per heavy atom. The summed E-state index contributed by atoms with van der Waals surface area (Å²) in [4.78, 5) is 12.9. The number of rotatable bonds is 2. The van der Waals surface area contributed by atoms with E-state index in [1.54, 1.807) is 6.20 Å². The highest BCUT2D eigenvalue weighted by Crippen LogP contribution is 2.23. The predicted octanol–water partition coefficient (Wildman–Crippen LogP) is 1.70. The molecule has 0 amide bonds. The summed E-state index contributed by atoms with van der Waals surface area (Å²) < 4.78 is 4.72. The molecule has 60 valence electrons. The Hall–Kier alpha value is -1.77. The normalized spacial score (nSPS) is 10.0. The van der Waals surface area contributed by atoms with Crippen LogP contribution in [0.2, 0.25) is 0 Å². The second kappa shape index (κ2) is 2.70. The largest absolute Gasteiger partial charge is 0.411 e. The molecule has 0 spiro atoms. The number of aromatic amines is 1. The van der Waals surface area contributed by atoms with E-state index in [1.165, 1.54) is 0 Å². The highest BCUT2D eigenvalue weighted by Gasteiger charge is 2.01. The second-order valence-electron chi connectivity index (χ2n) is 2.42. The fourth-order valence-corrected chi connectivity index (χ4v) is 1.20. The quantitative estimate of drug-likeness (QED) is 0.681. The third-order valence-corrected chi connectivity index (χ3v) is 1.73. The zero-order valence-electron chi connectivity index (χ0n) is 6.28. The smallest absolute Gasteiger partial charge is 0.299 e. The van der Waals surface area contributed by atoms with Crippen LogP contribution in [0.4, 0.5) is 0 Å². The first-order valence-electron chi connectivity index (χ1n) is 3.58. The van der Waals surface area contributed by atoms with Gasteiger partial charge in [-0.15, -0.1) is 0 Å². The highest BCUT2D eigenvalue weighted by molar-refractivity contribution is 5.88. The molecule has 0 radical (unpaired) electrons. The molecule has 2 aromatic rings. The number of H-pyrrole nitrogens is 1. The van der Waals surface area contributed by atoms with E-state index >= 15 is 0 Å². The van der Waals surface area contributed by atoms with Crippen molar-refractivity contribution < 1.29 is 9.53 Å². The number of hydrogen-bond donors (Lipinski definition) is 1. The molecule has 1 aromatic heterocycles. The number of benzene rings is 1. The first-order valence-corrected chi connectivity index (χ1v) is 3.58. The summed E-state index contributed by atoms with van der Waals surface area (Å²) >= 11 is 0. The molecule has 1 heterocycles. The van der Waals surface area contributed by atoms with Crippen molar-refractivity contribution in [2.45, 2.75) is 0 Å². The lowest BCUT2D eigenvalue weighted by molar-refractivity contribution is -0.120. The monoisotopic (exact) mass is 161 g/mol. The maximum Gasteiger partial charge on any atom is 0.299 e. The SMILES string of the molecule is O=COc1[nH]cc2ccccc12. The van der Waals surface area contributed by atoms with E-state index in [9.17, 15) is 4.79 Å². The van der Waals surface area contributed by atoms with Crippen molar-refractivity contribution in [1.82, 2.24) is 4.98 Å². The average Bonchev–Trinajstić information content (AvgIpc) is 2.50. The van der Waals surface area contributed by atoms with Gasteiger partial charge in [0.1, 0.15) is 0 Å². The van der Waals surface area contributed by atoms with E-state index in [0.717, 1.165) is 10.8 Å². The lowest BCUT2D eigenvalue weighted by Gasteiger charge is -1.92. The van der Waals surface area contributed by atoms with Gasteiger partial charge in [0, 0.05) is 17.0 Å². The van der Waals surface area contributed by atoms with E-state index in [2.05, 4.69) is 4.98 Å². The second-order valence-corrected chi connectivity index (χ2v) is 2.42. The van der Waals surface area contributed by atoms with Crippen LogP contribution in [0.15, 0.2) is 30.5 Å². The van der Waals surface area contributed by atoms with Gasteiger partial charge >= 0.3 is 0 Å². The summed E-state index contributed by atoms with van der Waals surface area (Å²) in [7, 11) is 0. The third kappa shape index (κ3) is 0.955. The van der Waals surface area contributed by atoms with Gasteiger partial charge in [-0.3, -0.25) is 4.79 Å². The summed E-state index contributed by atoms with van der Waals surface area (Å²) in [5.41, 5.74) is 0. The highest BCUT2D eigenvalue weighted by atomic mass is 16.5. The molecule has 0 aliphatic carbocycles. The molecular formula is C9H7NO2. The van der Waals surface area contributed by atoms with Crippen LogP contribution < -0.4 is 4.74 Å². The van der Waals surface area contributed by atoms with Crippen LogP contribution in [0.1, 0.15) is 0 Å². The van der Waals surface area contributed by atoms with Gasteiger partial charge in [0.2, 0.25) is 5.88 Å². The van der Waals surface area contributed by atoms with Crippen molar-refractivity contribution in [3.8, 4) is 5.88 Å². The van der Waals surface area contributed by atoms with Crippen molar-refractivity contribution in [3.05, 3.63) is 30.5 Å². The summed E-state index contributed by atoms with van der Waals surface area (Å²) in [5.74, 6) is 0.501. The predicted molar refractivity (Wildman–Crippen MR) is 45.0 cm³/mol. The van der Waals surface area contributed by atoms with E-state index in [-0.39, 0.29) is 0 Å². The van der Waals surface area contributed by atoms with Crippen LogP contribution >= 0.6 is 0 Å². The van der Waals surface area contributed by atoms with Gasteiger partial charge in [0.25, 0.3) is 6.47 Å². The number of nitrogens with one attached hydrogen (secondary N) is 1. The van der Waals surface area contributed by atoms with E-state index < -0.39 is 0 Å². The van der Waals surface area contributed by atoms with Crippen LogP contribution in [-0.2, 0) is 4.79 Å². The van der Waals surface area contributed by atoms with E-state index in [0.29, 0.717) is 12.4 Å². The van der Waals surface area contributed by atoms with E-state index in [1.807, 2.05) is 24.3 Å². The van der Waals surface area contributed by atoms with Gasteiger partial charge in [0.05, 0.1) is 0 Å². The van der Waals surface area contributed by atoms with Gasteiger partial charge in [-0.2, -0.15) is 0 Å². The molecule has 0 atom stereocenters. The lowest BCUT2D eigenvalue weighted by Crippen LogP contribution is -1.87. The van der Waals surface area contributed by atoms with Crippen LogP contribution in [0.5, 0.6) is 5.88 Å². The molecule has 1 N–H and O–H groups in total. The molecular weight excluding hydrogens is 154 g/mol. The molecule has 0 saturated carbocycles. The molecule has 2 rings (SSSR count). The van der Waals surface area contributed by atoms with E-state index in [4.69, 9.17) is 4.74 Å². The Kier molecular flexibility index (Phi) is 1.55. The summed E-state index contributed by atoms with van der Waals surface area (Å²) in [6, 6.07) is 7.67. The Labute approximate surface area is 69.0 Å². The van der Waals surface area contributed by atoms with Gasteiger partial charge in [-0.25, -0.2) is 0 Å². The number of carbonyl (C=O) groups is 1. The number of aromatic nitrogens is 1. The molecule has 12 heavy (non-hydrogen) atoms. The molecule has 3 heteroatoms. The molecule has 0 saturated heterocycles. The Bertz CT molecular complexity index is 406. The van der Waals surface area contributed by atoms with Gasteiger partial charge < -0.3 is 9.72 Å². The molecule has 0 aliphatic rings. The van der Waals surface area contributed by atoms with Crippen molar-refractivity contribution in [1.29, 1.82) is 0 Å². The Morgan fingerprint density at radius 3 is 3.00 bits per heavy atom. The minimum Gasteiger partial charge on any atom is -0.411 e. The minimum atomic E-state index is 0.415. The Balaban J connectivity index is 2.62. The summed E-state index contributed by atoms with van der Waals surface area (Å²) in [6.07, 6.45) is 1.80. The van der Waals surface area contributed by atoms with Crippen LogP contribution in [-0.4, -0.2) is 11.5 Å². The maximum absolute atomic E-state index is 10.1. The first kappa shape index (κ1) is 6.91. The lowest BCUT2D eigenvalue weighted by atomic mass is 10.2. The average molecular weight is 161 g/mol. The maximum atomic E-state index is 10.1. The zero-order chi connectivity index (χ0) is 8.39. The number of fused-ring (bicyclic) bond motifs is 1. The molecule has 0 bridgehead atoms. The number of hydrogen-bond acceptors (Lipinski definition) is 2. The summed E-state index contributed by atoms with van der Waals surface area (Å²) in [6.45, 7) is 0.415. The number of ether oxygens (including phenoxy) is 1.